The molecule has 1 aliphatic heterocycles. The molecule has 3 aromatic carbocycles. The van der Waals surface area contributed by atoms with E-state index >= 15 is 0 Å². The smallest absolute Gasteiger partial charge is 0.265 e. The van der Waals surface area contributed by atoms with E-state index in [2.05, 4.69) is 15.9 Å². The molecule has 5 rings (SSSR count). The van der Waals surface area contributed by atoms with Gasteiger partial charge in [0.2, 0.25) is 5.91 Å². The predicted molar refractivity (Wildman–Crippen MR) is 126 cm³/mol. The molecule has 1 atom stereocenters. The van der Waals surface area contributed by atoms with Crippen molar-refractivity contribution < 1.29 is 4.79 Å². The number of fused-ring (bicyclic) bond motifs is 2. The first-order chi connectivity index (χ1) is 15.1. The number of benzene rings is 3. The van der Waals surface area contributed by atoms with Gasteiger partial charge in [-0.3, -0.25) is 14.2 Å². The Morgan fingerprint density at radius 3 is 2.48 bits per heavy atom. The molecule has 1 aromatic heterocycles. The van der Waals surface area contributed by atoms with Gasteiger partial charge < -0.3 is 4.90 Å². The minimum Gasteiger partial charge on any atom is -0.312 e. The Morgan fingerprint density at radius 2 is 1.71 bits per heavy atom. The van der Waals surface area contributed by atoms with Crippen LogP contribution in [0.15, 0.2) is 82.1 Å². The summed E-state index contributed by atoms with van der Waals surface area (Å²) in [4.78, 5) is 33.4. The third-order valence-corrected chi connectivity index (χ3v) is 6.28. The molecule has 0 aliphatic carbocycles. The Balaban J connectivity index is 1.71. The number of carbonyl (C=O) groups is 1. The summed E-state index contributed by atoms with van der Waals surface area (Å²) in [5, 5.41) is 0.561. The van der Waals surface area contributed by atoms with Gasteiger partial charge in [-0.2, -0.15) is 0 Å². The van der Waals surface area contributed by atoms with Crippen LogP contribution in [0.4, 0.5) is 5.69 Å². The van der Waals surface area contributed by atoms with Gasteiger partial charge in [-0.25, -0.2) is 4.98 Å². The first kappa shape index (κ1) is 19.7. The zero-order valence-corrected chi connectivity index (χ0v) is 18.5. The molecule has 154 valence electrons. The molecule has 5 nitrogen and oxygen atoms in total. The molecule has 0 fully saturated rings. The van der Waals surface area contributed by atoms with Crippen molar-refractivity contribution in [2.24, 2.45) is 0 Å². The van der Waals surface area contributed by atoms with Crippen molar-refractivity contribution in [1.82, 2.24) is 9.55 Å². The molecule has 0 saturated carbocycles. The highest BCUT2D eigenvalue weighted by Crippen LogP contribution is 2.40. The lowest BCUT2D eigenvalue weighted by atomic mass is 9.96. The summed E-state index contributed by atoms with van der Waals surface area (Å²) in [6.07, 6.45) is 0.341. The lowest BCUT2D eigenvalue weighted by Gasteiger charge is -2.17. The molecular formula is C25H20BrN3O2. The number of nitrogens with zero attached hydrogens (tertiary/aromatic N) is 3. The van der Waals surface area contributed by atoms with Gasteiger partial charge in [0.1, 0.15) is 5.82 Å². The number of halogens is 1. The summed E-state index contributed by atoms with van der Waals surface area (Å²) in [5.74, 6) is 0.227. The summed E-state index contributed by atoms with van der Waals surface area (Å²) < 4.78 is 2.57. The monoisotopic (exact) mass is 473 g/mol. The van der Waals surface area contributed by atoms with Crippen LogP contribution in [0, 0.1) is 0 Å². The van der Waals surface area contributed by atoms with Crippen LogP contribution in [-0.2, 0) is 11.2 Å². The molecule has 6 heteroatoms. The quantitative estimate of drug-likeness (QED) is 0.426. The van der Waals surface area contributed by atoms with Gasteiger partial charge in [0, 0.05) is 23.1 Å². The van der Waals surface area contributed by atoms with Gasteiger partial charge in [0.25, 0.3) is 5.56 Å². The fourth-order valence-corrected chi connectivity index (χ4v) is 4.73. The van der Waals surface area contributed by atoms with Crippen molar-refractivity contribution >= 4 is 38.4 Å². The van der Waals surface area contributed by atoms with E-state index in [0.29, 0.717) is 29.7 Å². The normalized spacial score (nSPS) is 15.5. The lowest BCUT2D eigenvalue weighted by molar-refractivity contribution is -0.119. The molecule has 0 bridgehead atoms. The Labute approximate surface area is 188 Å². The second-order valence-corrected chi connectivity index (χ2v) is 8.48. The Kier molecular flexibility index (Phi) is 4.94. The maximum atomic E-state index is 13.4. The first-order valence-corrected chi connectivity index (χ1v) is 11.0. The number of hydrogen-bond donors (Lipinski definition) is 0. The molecule has 2 heterocycles. The van der Waals surface area contributed by atoms with Crippen LogP contribution in [0.5, 0.6) is 0 Å². The Bertz CT molecular complexity index is 1360. The van der Waals surface area contributed by atoms with Crippen molar-refractivity contribution in [3.8, 4) is 5.69 Å². The van der Waals surface area contributed by atoms with Crippen LogP contribution in [0.1, 0.15) is 24.2 Å². The first-order valence-electron chi connectivity index (χ1n) is 10.3. The van der Waals surface area contributed by atoms with E-state index in [1.807, 2.05) is 73.7 Å². The number of likely N-dealkylation sites (N-methyl/N-ethyl adjacent to an activating group) is 1. The largest absolute Gasteiger partial charge is 0.312 e. The van der Waals surface area contributed by atoms with Crippen LogP contribution in [0.3, 0.4) is 0 Å². The number of anilines is 1. The second kappa shape index (κ2) is 7.78. The molecule has 1 aliphatic rings. The van der Waals surface area contributed by atoms with Crippen LogP contribution in [0.25, 0.3) is 16.6 Å². The third-order valence-electron chi connectivity index (χ3n) is 5.78. The second-order valence-electron chi connectivity index (χ2n) is 7.56. The van der Waals surface area contributed by atoms with Gasteiger partial charge in [0.05, 0.1) is 22.5 Å². The summed E-state index contributed by atoms with van der Waals surface area (Å²) in [6.45, 7) is 2.57. The minimum absolute atomic E-state index is 0.0395. The van der Waals surface area contributed by atoms with Gasteiger partial charge in [-0.05, 0) is 55.0 Å². The average Bonchev–Trinajstić information content (AvgIpc) is 3.04. The topological polar surface area (TPSA) is 55.2 Å². The molecule has 0 radical (unpaired) electrons. The number of aromatic nitrogens is 2. The Morgan fingerprint density at radius 1 is 0.968 bits per heavy atom. The van der Waals surface area contributed by atoms with E-state index in [9.17, 15) is 9.59 Å². The van der Waals surface area contributed by atoms with E-state index in [0.717, 1.165) is 21.4 Å². The molecule has 0 spiro atoms. The molecule has 31 heavy (non-hydrogen) atoms. The lowest BCUT2D eigenvalue weighted by Crippen LogP contribution is -2.31. The maximum Gasteiger partial charge on any atom is 0.265 e. The molecule has 0 saturated heterocycles. The predicted octanol–water partition coefficient (Wildman–Crippen LogP) is 4.84. The highest BCUT2D eigenvalue weighted by molar-refractivity contribution is 9.10. The van der Waals surface area contributed by atoms with Crippen molar-refractivity contribution in [3.05, 3.63) is 99.0 Å². The summed E-state index contributed by atoms with van der Waals surface area (Å²) >= 11 is 3.53. The molecule has 0 N–H and O–H groups in total. The van der Waals surface area contributed by atoms with Gasteiger partial charge >= 0.3 is 0 Å². The average molecular weight is 474 g/mol. The van der Waals surface area contributed by atoms with Gasteiger partial charge in [-0.15, -0.1) is 0 Å². The van der Waals surface area contributed by atoms with Crippen molar-refractivity contribution in [2.45, 2.75) is 19.3 Å². The van der Waals surface area contributed by atoms with Crippen molar-refractivity contribution in [1.29, 1.82) is 0 Å². The number of para-hydroxylation sites is 2. The minimum atomic E-state index is -0.393. The fourth-order valence-electron chi connectivity index (χ4n) is 4.36. The summed E-state index contributed by atoms with van der Waals surface area (Å²) in [5.41, 5.74) is 3.15. The van der Waals surface area contributed by atoms with Crippen molar-refractivity contribution in [2.75, 3.05) is 11.4 Å². The number of carbonyl (C=O) groups excluding carboxylic acids is 1. The zero-order valence-electron chi connectivity index (χ0n) is 17.0. The summed E-state index contributed by atoms with van der Waals surface area (Å²) in [7, 11) is 0. The highest BCUT2D eigenvalue weighted by atomic mass is 79.9. The fraction of sp³-hybridized carbons (Fsp3) is 0.160. The maximum absolute atomic E-state index is 13.4. The molecule has 1 amide bonds. The van der Waals surface area contributed by atoms with Gasteiger partial charge in [-0.1, -0.05) is 46.3 Å². The van der Waals surface area contributed by atoms with Crippen LogP contribution in [-0.4, -0.2) is 22.0 Å². The van der Waals surface area contributed by atoms with Crippen molar-refractivity contribution in [3.63, 3.8) is 0 Å². The molecular weight excluding hydrogens is 454 g/mol. The van der Waals surface area contributed by atoms with E-state index in [4.69, 9.17) is 4.98 Å². The van der Waals surface area contributed by atoms with E-state index in [-0.39, 0.29) is 11.5 Å². The van der Waals surface area contributed by atoms with E-state index in [1.165, 1.54) is 0 Å². The van der Waals surface area contributed by atoms with E-state index < -0.39 is 5.92 Å². The third kappa shape index (κ3) is 3.27. The van der Waals surface area contributed by atoms with Crippen LogP contribution in [0.2, 0.25) is 0 Å². The molecule has 0 unspecified atom stereocenters. The SMILES string of the molecule is CCN1C(=O)[C@@H](Cc2nc3ccccc3c(=O)n2-c2ccccc2)c2cc(Br)ccc21. The number of amides is 1. The highest BCUT2D eigenvalue weighted by Gasteiger charge is 2.37. The Hall–Kier alpha value is -3.25. The molecule has 4 aromatic rings. The van der Waals surface area contributed by atoms with Crippen LogP contribution >= 0.6 is 15.9 Å². The number of hydrogen-bond acceptors (Lipinski definition) is 3. The number of rotatable bonds is 4. The summed E-state index contributed by atoms with van der Waals surface area (Å²) in [6, 6.07) is 22.8. The van der Waals surface area contributed by atoms with Gasteiger partial charge in [0.15, 0.2) is 0 Å². The standard InChI is InChI=1S/C25H20BrN3O2/c1-2-28-22-13-12-16(26)14-19(22)20(24(28)30)15-23-27-21-11-7-6-10-18(21)25(31)29(23)17-8-4-3-5-9-17/h3-14,20H,2,15H2,1H3/t20-/m0/s1. The van der Waals surface area contributed by atoms with Crippen LogP contribution < -0.4 is 10.5 Å². The van der Waals surface area contributed by atoms with E-state index in [1.54, 1.807) is 15.5 Å². The zero-order chi connectivity index (χ0) is 21.5.